The van der Waals surface area contributed by atoms with Crippen LogP contribution >= 0.6 is 22.9 Å². The summed E-state index contributed by atoms with van der Waals surface area (Å²) in [6.07, 6.45) is 1.74. The van der Waals surface area contributed by atoms with Crippen LogP contribution in [0.15, 0.2) is 24.4 Å². The van der Waals surface area contributed by atoms with Crippen molar-refractivity contribution < 1.29 is 9.66 Å². The maximum absolute atomic E-state index is 10.6. The summed E-state index contributed by atoms with van der Waals surface area (Å²) in [4.78, 5) is 15.2. The molecule has 0 aliphatic rings. The van der Waals surface area contributed by atoms with Crippen LogP contribution in [-0.2, 0) is 6.61 Å². The number of nitrogens with zero attached hydrogens (tertiary/aromatic N) is 2. The Hall–Kier alpha value is -1.66. The largest absolute Gasteiger partial charge is 0.488 e. The first-order valence-corrected chi connectivity index (χ1v) is 6.24. The number of ether oxygens (including phenoxy) is 1. The first kappa shape index (κ1) is 12.8. The summed E-state index contributed by atoms with van der Waals surface area (Å²) in [6.45, 7) is 2.29. The third-order valence-electron chi connectivity index (χ3n) is 2.17. The lowest BCUT2D eigenvalue weighted by Gasteiger charge is -2.04. The highest BCUT2D eigenvalue weighted by atomic mass is 35.5. The van der Waals surface area contributed by atoms with Crippen LogP contribution in [0.3, 0.4) is 0 Å². The van der Waals surface area contributed by atoms with Crippen molar-refractivity contribution in [3.8, 4) is 5.75 Å². The fourth-order valence-electron chi connectivity index (χ4n) is 1.35. The highest BCUT2D eigenvalue weighted by Crippen LogP contribution is 2.29. The Morgan fingerprint density at radius 1 is 1.56 bits per heavy atom. The number of rotatable bonds is 4. The van der Waals surface area contributed by atoms with E-state index in [4.69, 9.17) is 16.3 Å². The lowest BCUT2D eigenvalue weighted by Crippen LogP contribution is -1.94. The molecule has 0 fully saturated rings. The molecule has 1 aromatic carbocycles. The topological polar surface area (TPSA) is 65.3 Å². The molecule has 18 heavy (non-hydrogen) atoms. The van der Waals surface area contributed by atoms with Gasteiger partial charge in [-0.05, 0) is 13.0 Å². The van der Waals surface area contributed by atoms with E-state index in [0.29, 0.717) is 12.4 Å². The Morgan fingerprint density at radius 2 is 2.33 bits per heavy atom. The molecule has 0 unspecified atom stereocenters. The van der Waals surface area contributed by atoms with Crippen LogP contribution in [0.5, 0.6) is 5.75 Å². The van der Waals surface area contributed by atoms with Gasteiger partial charge in [-0.15, -0.1) is 11.3 Å². The Kier molecular flexibility index (Phi) is 3.78. The monoisotopic (exact) mass is 284 g/mol. The molecule has 2 aromatic rings. The number of aryl methyl sites for hydroxylation is 1. The fraction of sp³-hybridized carbons (Fsp3) is 0.182. The van der Waals surface area contributed by atoms with Crippen molar-refractivity contribution in [3.05, 3.63) is 49.4 Å². The first-order valence-electron chi connectivity index (χ1n) is 5.04. The van der Waals surface area contributed by atoms with E-state index < -0.39 is 4.92 Å². The number of thiazole rings is 1. The molecular formula is C11H9ClN2O3S. The molecule has 0 radical (unpaired) electrons. The molecule has 0 aliphatic carbocycles. The van der Waals surface area contributed by atoms with Crippen molar-refractivity contribution in [1.82, 2.24) is 4.98 Å². The molecule has 94 valence electrons. The first-order chi connectivity index (χ1) is 8.56. The van der Waals surface area contributed by atoms with Gasteiger partial charge in [0.25, 0.3) is 5.69 Å². The van der Waals surface area contributed by atoms with Gasteiger partial charge in [-0.25, -0.2) is 4.98 Å². The average Bonchev–Trinajstić information content (AvgIpc) is 2.72. The number of hydrogen-bond donors (Lipinski definition) is 0. The number of nitro groups is 1. The van der Waals surface area contributed by atoms with E-state index in [1.54, 1.807) is 17.5 Å². The van der Waals surface area contributed by atoms with Gasteiger partial charge >= 0.3 is 0 Å². The molecular weight excluding hydrogens is 276 g/mol. The number of hydrogen-bond acceptors (Lipinski definition) is 5. The van der Waals surface area contributed by atoms with Crippen molar-refractivity contribution in [2.45, 2.75) is 13.5 Å². The van der Waals surface area contributed by atoms with E-state index in [1.165, 1.54) is 18.2 Å². The molecule has 7 heteroatoms. The minimum absolute atomic E-state index is 0.0676. The molecule has 1 heterocycles. The molecule has 5 nitrogen and oxygen atoms in total. The van der Waals surface area contributed by atoms with Crippen LogP contribution in [-0.4, -0.2) is 9.91 Å². The number of nitro benzene ring substituents is 1. The fourth-order valence-corrected chi connectivity index (χ4v) is 2.30. The predicted molar refractivity (Wildman–Crippen MR) is 69.3 cm³/mol. The molecule has 0 spiro atoms. The second-order valence-electron chi connectivity index (χ2n) is 3.50. The van der Waals surface area contributed by atoms with E-state index in [9.17, 15) is 10.1 Å². The van der Waals surface area contributed by atoms with Crippen molar-refractivity contribution in [2.75, 3.05) is 0 Å². The molecule has 0 aliphatic heterocycles. The van der Waals surface area contributed by atoms with Gasteiger partial charge in [0.15, 0.2) is 0 Å². The van der Waals surface area contributed by atoms with Crippen molar-refractivity contribution in [1.29, 1.82) is 0 Å². The van der Waals surface area contributed by atoms with Crippen LogP contribution < -0.4 is 4.74 Å². The minimum atomic E-state index is -0.529. The normalized spacial score (nSPS) is 10.3. The van der Waals surface area contributed by atoms with E-state index in [2.05, 4.69) is 4.98 Å². The summed E-state index contributed by atoms with van der Waals surface area (Å²) < 4.78 is 5.48. The molecule has 0 atom stereocenters. The number of aromatic nitrogens is 1. The summed E-state index contributed by atoms with van der Waals surface area (Å²) in [5.41, 5.74) is -0.127. The predicted octanol–water partition coefficient (Wildman–Crippen LogP) is 3.59. The van der Waals surface area contributed by atoms with Crippen LogP contribution in [0, 0.1) is 17.0 Å². The van der Waals surface area contributed by atoms with Gasteiger partial charge in [0.05, 0.1) is 14.8 Å². The Bertz CT molecular complexity index is 585. The van der Waals surface area contributed by atoms with Crippen LogP contribution in [0.1, 0.15) is 9.88 Å². The van der Waals surface area contributed by atoms with Crippen molar-refractivity contribution >= 4 is 28.6 Å². The second kappa shape index (κ2) is 5.32. The van der Waals surface area contributed by atoms with Crippen LogP contribution in [0.4, 0.5) is 5.69 Å². The summed E-state index contributed by atoms with van der Waals surface area (Å²) in [5, 5.41) is 11.6. The van der Waals surface area contributed by atoms with Crippen LogP contribution in [0.2, 0.25) is 5.02 Å². The van der Waals surface area contributed by atoms with Gasteiger partial charge in [-0.3, -0.25) is 10.1 Å². The summed E-state index contributed by atoms with van der Waals surface area (Å²) >= 11 is 7.32. The third-order valence-corrected chi connectivity index (χ3v) is 3.36. The Balaban J connectivity index is 2.06. The number of benzene rings is 1. The summed E-state index contributed by atoms with van der Waals surface area (Å²) in [7, 11) is 0. The molecule has 0 saturated heterocycles. The minimum Gasteiger partial charge on any atom is -0.488 e. The zero-order valence-corrected chi connectivity index (χ0v) is 11.0. The van der Waals surface area contributed by atoms with Gasteiger partial charge in [-0.1, -0.05) is 11.6 Å². The van der Waals surface area contributed by atoms with Crippen molar-refractivity contribution in [2.24, 2.45) is 0 Å². The SMILES string of the molecule is Cc1ncc(COc2ccc([N+](=O)[O-])c(Cl)c2)s1. The smallest absolute Gasteiger partial charge is 0.288 e. The lowest BCUT2D eigenvalue weighted by atomic mass is 10.3. The van der Waals surface area contributed by atoms with Crippen LogP contribution in [0.25, 0.3) is 0 Å². The van der Waals surface area contributed by atoms with Gasteiger partial charge in [-0.2, -0.15) is 0 Å². The van der Waals surface area contributed by atoms with E-state index in [1.807, 2.05) is 6.92 Å². The highest BCUT2D eigenvalue weighted by molar-refractivity contribution is 7.11. The maximum Gasteiger partial charge on any atom is 0.288 e. The standard InChI is InChI=1S/C11H9ClN2O3S/c1-7-13-5-9(18-7)6-17-8-2-3-11(14(15)16)10(12)4-8/h2-5H,6H2,1H3. The molecule has 0 amide bonds. The lowest BCUT2D eigenvalue weighted by molar-refractivity contribution is -0.384. The molecule has 0 N–H and O–H groups in total. The van der Waals surface area contributed by atoms with Gasteiger partial charge in [0.2, 0.25) is 0 Å². The number of halogens is 1. The third kappa shape index (κ3) is 2.96. The highest BCUT2D eigenvalue weighted by Gasteiger charge is 2.12. The molecule has 0 bridgehead atoms. The molecule has 1 aromatic heterocycles. The second-order valence-corrected chi connectivity index (χ2v) is 5.23. The average molecular weight is 285 g/mol. The summed E-state index contributed by atoms with van der Waals surface area (Å²) in [6, 6.07) is 4.29. The summed E-state index contributed by atoms with van der Waals surface area (Å²) in [5.74, 6) is 0.497. The van der Waals surface area contributed by atoms with Gasteiger partial charge in [0.1, 0.15) is 17.4 Å². The maximum atomic E-state index is 10.6. The van der Waals surface area contributed by atoms with Crippen molar-refractivity contribution in [3.63, 3.8) is 0 Å². The van der Waals surface area contributed by atoms with E-state index in [-0.39, 0.29) is 10.7 Å². The van der Waals surface area contributed by atoms with E-state index in [0.717, 1.165) is 9.88 Å². The zero-order valence-electron chi connectivity index (χ0n) is 9.42. The van der Waals surface area contributed by atoms with Gasteiger partial charge in [0, 0.05) is 18.3 Å². The zero-order chi connectivity index (χ0) is 13.1. The van der Waals surface area contributed by atoms with E-state index >= 15 is 0 Å². The Labute approximate surface area is 112 Å². The van der Waals surface area contributed by atoms with Gasteiger partial charge < -0.3 is 4.74 Å². The molecule has 0 saturated carbocycles. The Morgan fingerprint density at radius 3 is 2.89 bits per heavy atom. The molecule has 2 rings (SSSR count). The quantitative estimate of drug-likeness (QED) is 0.635.